The molecule has 2 rings (SSSR count). The lowest BCUT2D eigenvalue weighted by Crippen LogP contribution is -2.09. The minimum absolute atomic E-state index is 0.0839. The number of hydrogen-bond acceptors (Lipinski definition) is 10. The molecule has 2 aromatic rings. The van der Waals surface area contributed by atoms with Crippen LogP contribution in [0.25, 0.3) is 0 Å². The van der Waals surface area contributed by atoms with Crippen molar-refractivity contribution in [3.63, 3.8) is 0 Å². The average molecular weight is 379 g/mol. The lowest BCUT2D eigenvalue weighted by molar-refractivity contribution is 0.479. The van der Waals surface area contributed by atoms with Crippen LogP contribution in [0.4, 0.5) is 17.6 Å². The summed E-state index contributed by atoms with van der Waals surface area (Å²) >= 11 is 3.85. The van der Waals surface area contributed by atoms with E-state index in [0.29, 0.717) is 0 Å². The van der Waals surface area contributed by atoms with Crippen LogP contribution in [0, 0.1) is 0 Å². The Kier molecular flexibility index (Phi) is 4.45. The van der Waals surface area contributed by atoms with Gasteiger partial charge in [0.15, 0.2) is 5.16 Å². The van der Waals surface area contributed by atoms with Crippen molar-refractivity contribution < 1.29 is 25.9 Å². The van der Waals surface area contributed by atoms with E-state index in [1.165, 1.54) is 0 Å². The van der Waals surface area contributed by atoms with E-state index in [4.69, 9.17) is 10.3 Å². The maximum Gasteiger partial charge on any atom is 0.296 e. The number of hydrogen-bond donors (Lipinski definition) is 5. The normalized spacial score (nSPS) is 12.1. The minimum atomic E-state index is -4.70. The minimum Gasteiger partial charge on any atom is -0.368 e. The topological polar surface area (TPSA) is 185 Å². The molecule has 0 aliphatic carbocycles. The summed E-state index contributed by atoms with van der Waals surface area (Å²) in [7, 11) is -9.30. The highest BCUT2D eigenvalue weighted by atomic mass is 32.2. The highest BCUT2D eigenvalue weighted by Crippen LogP contribution is 2.27. The van der Waals surface area contributed by atoms with E-state index in [9.17, 15) is 21.4 Å². The van der Waals surface area contributed by atoms with E-state index in [1.807, 2.05) is 0 Å². The van der Waals surface area contributed by atoms with Crippen molar-refractivity contribution in [1.29, 1.82) is 0 Å². The van der Waals surface area contributed by atoms with Crippen LogP contribution in [0.15, 0.2) is 33.1 Å². The second-order valence-electron chi connectivity index (χ2n) is 4.05. The number of benzene rings is 1. The van der Waals surface area contributed by atoms with Gasteiger partial charge in [-0.25, -0.2) is 0 Å². The Labute approximate surface area is 135 Å². The molecular formula is C9H9N5O6S3. The van der Waals surface area contributed by atoms with Gasteiger partial charge in [-0.05, 0) is 18.2 Å². The summed E-state index contributed by atoms with van der Waals surface area (Å²) in [5.41, 5.74) is 4.98. The van der Waals surface area contributed by atoms with Crippen molar-refractivity contribution in [3.8, 4) is 0 Å². The Morgan fingerprint density at radius 3 is 2.22 bits per heavy atom. The second-order valence-corrected chi connectivity index (χ2v) is 7.26. The van der Waals surface area contributed by atoms with Crippen LogP contribution in [0.2, 0.25) is 0 Å². The van der Waals surface area contributed by atoms with Crippen molar-refractivity contribution in [2.75, 3.05) is 11.1 Å². The molecule has 0 saturated carbocycles. The largest absolute Gasteiger partial charge is 0.368 e. The van der Waals surface area contributed by atoms with Crippen molar-refractivity contribution in [1.82, 2.24) is 15.0 Å². The van der Waals surface area contributed by atoms with Gasteiger partial charge in [0.05, 0.1) is 10.6 Å². The number of rotatable bonds is 4. The molecule has 0 spiro atoms. The Morgan fingerprint density at radius 2 is 1.70 bits per heavy atom. The van der Waals surface area contributed by atoms with E-state index >= 15 is 0 Å². The molecule has 1 aromatic carbocycles. The van der Waals surface area contributed by atoms with Gasteiger partial charge in [0, 0.05) is 0 Å². The summed E-state index contributed by atoms with van der Waals surface area (Å²) < 4.78 is 63.2. The first-order valence-electron chi connectivity index (χ1n) is 5.53. The number of nitrogen functional groups attached to an aromatic ring is 1. The standard InChI is InChI=1S/C9H9N5O6S3/c10-7-12-8(14-9(21)13-7)11-5-3-4(22(15,16)17)1-2-6(5)23(18,19)20/h1-3H,(H,15,16,17)(H,18,19,20)(H4,10,11,12,13,14,21). The highest BCUT2D eigenvalue weighted by Gasteiger charge is 2.20. The van der Waals surface area contributed by atoms with E-state index in [2.05, 4.69) is 32.9 Å². The Hall–Kier alpha value is -2.00. The molecule has 0 atom stereocenters. The lowest BCUT2D eigenvalue weighted by atomic mass is 10.3. The number of aromatic nitrogens is 3. The van der Waals surface area contributed by atoms with Gasteiger partial charge in [-0.15, -0.1) is 12.6 Å². The van der Waals surface area contributed by atoms with Crippen LogP contribution in [0.3, 0.4) is 0 Å². The lowest BCUT2D eigenvalue weighted by Gasteiger charge is -2.10. The SMILES string of the molecule is Nc1nc(S)nc(Nc2cc(S(=O)(=O)O)ccc2S(=O)(=O)O)n1. The van der Waals surface area contributed by atoms with Gasteiger partial charge in [-0.3, -0.25) is 9.11 Å². The van der Waals surface area contributed by atoms with E-state index in [-0.39, 0.29) is 17.1 Å². The summed E-state index contributed by atoms with van der Waals surface area (Å²) in [4.78, 5) is 9.67. The van der Waals surface area contributed by atoms with Gasteiger partial charge >= 0.3 is 0 Å². The van der Waals surface area contributed by atoms with Crippen LogP contribution in [-0.4, -0.2) is 40.9 Å². The number of thiol groups is 1. The van der Waals surface area contributed by atoms with Crippen molar-refractivity contribution in [3.05, 3.63) is 18.2 Å². The highest BCUT2D eigenvalue weighted by molar-refractivity contribution is 7.86. The number of nitrogens with two attached hydrogens (primary N) is 1. The molecule has 14 heteroatoms. The fraction of sp³-hybridized carbons (Fsp3) is 0. The predicted octanol–water partition coefficient (Wildman–Crippen LogP) is -0.0205. The first-order valence-corrected chi connectivity index (χ1v) is 8.86. The molecule has 0 radical (unpaired) electrons. The third-order valence-corrected chi connectivity index (χ3v) is 4.38. The number of nitrogens with zero attached hydrogens (tertiary/aromatic N) is 3. The maximum absolute atomic E-state index is 11.3. The number of anilines is 3. The molecule has 11 nitrogen and oxygen atoms in total. The Bertz CT molecular complexity index is 955. The predicted molar refractivity (Wildman–Crippen MR) is 80.8 cm³/mol. The molecule has 0 aliphatic heterocycles. The zero-order chi connectivity index (χ0) is 17.4. The maximum atomic E-state index is 11.3. The van der Waals surface area contributed by atoms with E-state index < -0.39 is 35.7 Å². The first kappa shape index (κ1) is 17.4. The molecule has 124 valence electrons. The summed E-state index contributed by atoms with van der Waals surface area (Å²) in [6, 6.07) is 2.36. The molecule has 5 N–H and O–H groups in total. The second kappa shape index (κ2) is 5.89. The summed E-state index contributed by atoms with van der Waals surface area (Å²) in [5, 5.41) is 2.28. The zero-order valence-electron chi connectivity index (χ0n) is 10.9. The molecule has 0 amide bonds. The third-order valence-electron chi connectivity index (χ3n) is 2.41. The summed E-state index contributed by atoms with van der Waals surface area (Å²) in [5.74, 6) is -0.480. The molecule has 0 fully saturated rings. The summed E-state index contributed by atoms with van der Waals surface area (Å²) in [6.07, 6.45) is 0. The molecule has 0 saturated heterocycles. The summed E-state index contributed by atoms with van der Waals surface area (Å²) in [6.45, 7) is 0. The Morgan fingerprint density at radius 1 is 1.04 bits per heavy atom. The average Bonchev–Trinajstić information content (AvgIpc) is 2.34. The van der Waals surface area contributed by atoms with Gasteiger partial charge in [0.25, 0.3) is 20.2 Å². The van der Waals surface area contributed by atoms with Crippen LogP contribution in [0.1, 0.15) is 0 Å². The van der Waals surface area contributed by atoms with Crippen molar-refractivity contribution in [2.45, 2.75) is 14.9 Å². The Balaban J connectivity index is 2.62. The zero-order valence-corrected chi connectivity index (χ0v) is 13.5. The van der Waals surface area contributed by atoms with Crippen LogP contribution < -0.4 is 11.1 Å². The van der Waals surface area contributed by atoms with E-state index in [0.717, 1.165) is 18.2 Å². The van der Waals surface area contributed by atoms with Gasteiger partial charge in [0.2, 0.25) is 11.9 Å². The monoisotopic (exact) mass is 379 g/mol. The fourth-order valence-corrected chi connectivity index (χ4v) is 2.88. The van der Waals surface area contributed by atoms with Gasteiger partial charge in [-0.1, -0.05) is 0 Å². The van der Waals surface area contributed by atoms with Crippen LogP contribution in [0.5, 0.6) is 0 Å². The van der Waals surface area contributed by atoms with E-state index in [1.54, 1.807) is 0 Å². The molecule has 0 aliphatic rings. The molecule has 1 aromatic heterocycles. The van der Waals surface area contributed by atoms with Crippen molar-refractivity contribution in [2.24, 2.45) is 0 Å². The first-order chi connectivity index (χ1) is 10.5. The van der Waals surface area contributed by atoms with Crippen LogP contribution in [-0.2, 0) is 20.2 Å². The molecule has 23 heavy (non-hydrogen) atoms. The van der Waals surface area contributed by atoms with Gasteiger partial charge in [-0.2, -0.15) is 31.8 Å². The molecule has 0 bridgehead atoms. The van der Waals surface area contributed by atoms with Crippen LogP contribution >= 0.6 is 12.6 Å². The van der Waals surface area contributed by atoms with Gasteiger partial charge < -0.3 is 11.1 Å². The molecular weight excluding hydrogens is 370 g/mol. The van der Waals surface area contributed by atoms with Gasteiger partial charge in [0.1, 0.15) is 4.90 Å². The van der Waals surface area contributed by atoms with Crippen molar-refractivity contribution >= 4 is 50.4 Å². The quantitative estimate of drug-likeness (QED) is 0.355. The molecule has 1 heterocycles. The molecule has 0 unspecified atom stereocenters. The number of nitrogens with one attached hydrogen (secondary N) is 1. The third kappa shape index (κ3) is 4.26. The smallest absolute Gasteiger partial charge is 0.296 e. The fourth-order valence-electron chi connectivity index (χ4n) is 1.55.